The number of urea groups is 1. The molecule has 0 saturated carbocycles. The molecular formula is C35H40N5NaO13. The molecule has 3 rings (SSSR count). The number of benzene rings is 2. The van der Waals surface area contributed by atoms with Gasteiger partial charge in [0.1, 0.15) is 11.7 Å². The Labute approximate surface area is 332 Å². The Hall–Kier alpha value is -5.33. The summed E-state index contributed by atoms with van der Waals surface area (Å²) in [5.41, 5.74) is -1.99. The predicted molar refractivity (Wildman–Crippen MR) is 179 cm³/mol. The molecule has 1 aliphatic heterocycles. The molecule has 0 spiro atoms. The monoisotopic (exact) mass is 761 g/mol. The number of amides is 6. The summed E-state index contributed by atoms with van der Waals surface area (Å²) < 4.78 is 15.5. The van der Waals surface area contributed by atoms with Crippen molar-refractivity contribution in [3.63, 3.8) is 0 Å². The van der Waals surface area contributed by atoms with Crippen LogP contribution in [-0.2, 0) is 38.3 Å². The number of nitrogens with one attached hydrogen (secondary N) is 3. The number of nitrogens with zero attached hydrogens (tertiary/aromatic N) is 2. The number of carboxylic acid groups (broad SMARTS) is 1. The molecule has 1 saturated heterocycles. The Morgan fingerprint density at radius 2 is 1.56 bits per heavy atom. The Morgan fingerprint density at radius 1 is 0.926 bits per heavy atom. The summed E-state index contributed by atoms with van der Waals surface area (Å²) in [6, 6.07) is 8.56. The smallest absolute Gasteiger partial charge is 0.550 e. The van der Waals surface area contributed by atoms with Crippen molar-refractivity contribution in [3.8, 4) is 11.5 Å². The van der Waals surface area contributed by atoms with Crippen LogP contribution in [0.15, 0.2) is 48.5 Å². The number of piperazine rings is 1. The molecule has 2 aromatic rings. The number of carbonyl (C=O) groups is 9. The number of imide groups is 1. The fourth-order valence-corrected chi connectivity index (χ4v) is 5.66. The van der Waals surface area contributed by atoms with Crippen molar-refractivity contribution in [2.45, 2.75) is 52.7 Å². The number of ether oxygens (including phenoxy) is 3. The molecule has 4 atom stereocenters. The van der Waals surface area contributed by atoms with Gasteiger partial charge in [-0.05, 0) is 44.0 Å². The molecule has 0 bridgehead atoms. The summed E-state index contributed by atoms with van der Waals surface area (Å²) in [4.78, 5) is 115. The van der Waals surface area contributed by atoms with Gasteiger partial charge in [-0.25, -0.2) is 9.59 Å². The summed E-state index contributed by atoms with van der Waals surface area (Å²) in [6.45, 7) is 6.03. The maximum Gasteiger partial charge on any atom is 1.00 e. The Balaban J connectivity index is 0.0000101. The van der Waals surface area contributed by atoms with Crippen LogP contribution < -0.4 is 60.1 Å². The van der Waals surface area contributed by atoms with Gasteiger partial charge in [0.25, 0.3) is 0 Å². The van der Waals surface area contributed by atoms with E-state index in [1.165, 1.54) is 43.0 Å². The first-order chi connectivity index (χ1) is 25.1. The number of carbonyl (C=O) groups excluding carboxylic acids is 9. The minimum atomic E-state index is -2.00. The molecule has 0 aromatic heterocycles. The van der Waals surface area contributed by atoms with Crippen LogP contribution in [0.25, 0.3) is 0 Å². The molecule has 1 fully saturated rings. The van der Waals surface area contributed by atoms with Crippen molar-refractivity contribution in [3.05, 3.63) is 59.7 Å². The van der Waals surface area contributed by atoms with E-state index in [1.807, 2.05) is 0 Å². The van der Waals surface area contributed by atoms with Crippen molar-refractivity contribution in [2.24, 2.45) is 11.8 Å². The van der Waals surface area contributed by atoms with Gasteiger partial charge in [0.15, 0.2) is 11.5 Å². The number of hydrogen-bond donors (Lipinski definition) is 3. The van der Waals surface area contributed by atoms with E-state index >= 15 is 0 Å². The molecule has 284 valence electrons. The van der Waals surface area contributed by atoms with E-state index in [-0.39, 0.29) is 84.6 Å². The van der Waals surface area contributed by atoms with Gasteiger partial charge < -0.3 is 45.0 Å². The zero-order valence-electron chi connectivity index (χ0n) is 30.7. The number of rotatable bonds is 16. The minimum Gasteiger partial charge on any atom is -0.550 e. The molecule has 6 amide bonds. The molecule has 54 heavy (non-hydrogen) atoms. The average molecular weight is 762 g/mol. The molecular weight excluding hydrogens is 721 g/mol. The first-order valence-corrected chi connectivity index (χ1v) is 16.4. The zero-order chi connectivity index (χ0) is 39.5. The van der Waals surface area contributed by atoms with Crippen LogP contribution in [0.1, 0.15) is 63.0 Å². The van der Waals surface area contributed by atoms with Crippen LogP contribution >= 0.6 is 0 Å². The van der Waals surface area contributed by atoms with Crippen LogP contribution in [0.2, 0.25) is 0 Å². The Kier molecular flexibility index (Phi) is 16.8. The first kappa shape index (κ1) is 44.8. The van der Waals surface area contributed by atoms with Crippen LogP contribution in [0.4, 0.5) is 4.79 Å². The number of esters is 3. The number of likely N-dealkylation sites (N-methyl/N-ethyl adjacent to an activating group) is 1. The third kappa shape index (κ3) is 11.3. The Morgan fingerprint density at radius 3 is 2.11 bits per heavy atom. The van der Waals surface area contributed by atoms with Crippen molar-refractivity contribution >= 4 is 54.0 Å². The summed E-state index contributed by atoms with van der Waals surface area (Å²) in [5.74, 6) is -10.5. The van der Waals surface area contributed by atoms with Crippen LogP contribution in [0.3, 0.4) is 0 Å². The SMILES string of the molecule is CCC(C(=O)[O-])[C@@H](COC(=O)c1ccc(OC(C)=O)c(OC(C)=O)c1)C(C)(NC=O)NC(=O)[C@H](NC(=O)N1CCN(CC)C(=O)C1=O)c1ccccc1.[Na+]. The fourth-order valence-electron chi connectivity index (χ4n) is 5.66. The number of aliphatic carboxylic acids is 1. The fraction of sp³-hybridized carbons (Fsp3) is 0.400. The number of hydrogen-bond acceptors (Lipinski definition) is 13. The second-order valence-electron chi connectivity index (χ2n) is 12.0. The van der Waals surface area contributed by atoms with Crippen LogP contribution in [-0.4, -0.2) is 95.7 Å². The van der Waals surface area contributed by atoms with E-state index in [0.29, 0.717) is 4.90 Å². The molecule has 0 radical (unpaired) electrons. The second kappa shape index (κ2) is 20.2. The molecule has 2 aromatic carbocycles. The third-order valence-electron chi connectivity index (χ3n) is 8.39. The average Bonchev–Trinajstić information content (AvgIpc) is 3.10. The van der Waals surface area contributed by atoms with Crippen LogP contribution in [0, 0.1) is 11.8 Å². The Bertz CT molecular complexity index is 1760. The molecule has 2 unspecified atom stereocenters. The van der Waals surface area contributed by atoms with Gasteiger partial charge in [0.2, 0.25) is 12.3 Å². The summed E-state index contributed by atoms with van der Waals surface area (Å²) >= 11 is 0. The largest absolute Gasteiger partial charge is 1.00 e. The van der Waals surface area contributed by atoms with E-state index < -0.39 is 77.8 Å². The maximum atomic E-state index is 14.1. The van der Waals surface area contributed by atoms with Gasteiger partial charge in [-0.3, -0.25) is 33.7 Å². The van der Waals surface area contributed by atoms with Crippen LogP contribution in [0.5, 0.6) is 11.5 Å². The summed E-state index contributed by atoms with van der Waals surface area (Å²) in [5, 5.41) is 19.8. The standard InChI is InChI=1S/C35H41N5O13.Na/c1-6-24(32(47)48)25(18-51-33(49)23-13-14-26(52-20(3)42)27(17-23)53-21(4)43)35(5,36-19-41)38-29(44)28(22-11-9-8-10-12-22)37-34(50)40-16-15-39(7-2)30(45)31(40)46;/h8-14,17,19,24-25,28H,6-7,15-16,18H2,1-5H3,(H,36,41)(H,37,50)(H,38,44)(H,47,48);/q;+1/p-1/t24?,25-,28-,35?;/m1./s1. The van der Waals surface area contributed by atoms with E-state index in [9.17, 15) is 48.3 Å². The molecule has 18 nitrogen and oxygen atoms in total. The molecule has 3 N–H and O–H groups in total. The predicted octanol–water partition coefficient (Wildman–Crippen LogP) is -3.19. The number of carboxylic acids is 1. The van der Waals surface area contributed by atoms with Gasteiger partial charge in [-0.1, -0.05) is 37.3 Å². The van der Waals surface area contributed by atoms with E-state index in [2.05, 4.69) is 16.0 Å². The van der Waals surface area contributed by atoms with Crippen molar-refractivity contribution < 1.29 is 92.0 Å². The van der Waals surface area contributed by atoms with Crippen molar-refractivity contribution in [1.82, 2.24) is 25.8 Å². The van der Waals surface area contributed by atoms with E-state index in [1.54, 1.807) is 25.1 Å². The second-order valence-corrected chi connectivity index (χ2v) is 12.0. The molecule has 19 heteroatoms. The van der Waals surface area contributed by atoms with Gasteiger partial charge in [-0.15, -0.1) is 0 Å². The molecule has 1 heterocycles. The minimum absolute atomic E-state index is 0. The summed E-state index contributed by atoms with van der Waals surface area (Å²) in [6.07, 6.45) is 0.0623. The quantitative estimate of drug-likeness (QED) is 0.0382. The van der Waals surface area contributed by atoms with Gasteiger partial charge >= 0.3 is 65.3 Å². The summed E-state index contributed by atoms with van der Waals surface area (Å²) in [7, 11) is 0. The normalized spacial score (nSPS) is 15.2. The maximum absolute atomic E-state index is 14.1. The van der Waals surface area contributed by atoms with Gasteiger partial charge in [0.05, 0.1) is 12.2 Å². The van der Waals surface area contributed by atoms with Gasteiger partial charge in [-0.2, -0.15) is 0 Å². The van der Waals surface area contributed by atoms with Crippen molar-refractivity contribution in [2.75, 3.05) is 26.2 Å². The van der Waals surface area contributed by atoms with E-state index in [0.717, 1.165) is 19.9 Å². The topological polar surface area (TPSA) is 247 Å². The first-order valence-electron chi connectivity index (χ1n) is 16.4. The van der Waals surface area contributed by atoms with Gasteiger partial charge in [0, 0.05) is 51.3 Å². The zero-order valence-corrected chi connectivity index (χ0v) is 32.7. The molecule has 0 aliphatic carbocycles. The van der Waals surface area contributed by atoms with E-state index in [4.69, 9.17) is 14.2 Å². The third-order valence-corrected chi connectivity index (χ3v) is 8.39. The molecule has 1 aliphatic rings. The van der Waals surface area contributed by atoms with Crippen molar-refractivity contribution in [1.29, 1.82) is 0 Å².